The summed E-state index contributed by atoms with van der Waals surface area (Å²) in [5.41, 5.74) is 2.63. The van der Waals surface area contributed by atoms with Crippen LogP contribution < -0.4 is 5.32 Å². The molecule has 2 nitrogen and oxygen atoms in total. The van der Waals surface area contributed by atoms with Gasteiger partial charge in [-0.15, -0.1) is 0 Å². The number of nitrogens with one attached hydrogen (secondary N) is 1. The van der Waals surface area contributed by atoms with Crippen LogP contribution in [0.15, 0.2) is 18.2 Å². The first-order chi connectivity index (χ1) is 8.20. The molecule has 3 heteroatoms. The van der Waals surface area contributed by atoms with E-state index < -0.39 is 0 Å². The molecular formula is C14H20INO. The maximum atomic E-state index is 5.47. The van der Waals surface area contributed by atoms with Crippen molar-refractivity contribution in [3.8, 4) is 0 Å². The quantitative estimate of drug-likeness (QED) is 0.837. The summed E-state index contributed by atoms with van der Waals surface area (Å²) >= 11 is 2.39. The molecule has 1 aromatic rings. The highest BCUT2D eigenvalue weighted by molar-refractivity contribution is 14.1. The van der Waals surface area contributed by atoms with Crippen LogP contribution in [0.5, 0.6) is 0 Å². The fraction of sp³-hybridized carbons (Fsp3) is 0.571. The van der Waals surface area contributed by atoms with E-state index >= 15 is 0 Å². The lowest BCUT2D eigenvalue weighted by Crippen LogP contribution is -2.31. The third-order valence-corrected chi connectivity index (χ3v) is 4.76. The van der Waals surface area contributed by atoms with Crippen molar-refractivity contribution in [1.29, 1.82) is 0 Å². The minimum absolute atomic E-state index is 0.435. The molecule has 0 aliphatic heterocycles. The maximum absolute atomic E-state index is 5.47. The van der Waals surface area contributed by atoms with Gasteiger partial charge in [-0.3, -0.25) is 0 Å². The summed E-state index contributed by atoms with van der Waals surface area (Å²) in [5.74, 6) is 0. The zero-order valence-electron chi connectivity index (χ0n) is 10.5. The van der Waals surface area contributed by atoms with Gasteiger partial charge in [-0.25, -0.2) is 0 Å². The molecule has 1 saturated carbocycles. The van der Waals surface area contributed by atoms with Gasteiger partial charge in [0.05, 0.1) is 6.10 Å². The van der Waals surface area contributed by atoms with E-state index in [4.69, 9.17) is 4.74 Å². The molecule has 0 saturated heterocycles. The van der Waals surface area contributed by atoms with Gasteiger partial charge in [0.25, 0.3) is 0 Å². The fourth-order valence-corrected chi connectivity index (χ4v) is 2.97. The number of hydrogen-bond acceptors (Lipinski definition) is 2. The van der Waals surface area contributed by atoms with Crippen molar-refractivity contribution >= 4 is 28.3 Å². The predicted octanol–water partition coefficient (Wildman–Crippen LogP) is 3.97. The molecular weight excluding hydrogens is 325 g/mol. The lowest BCUT2D eigenvalue weighted by atomic mass is 9.92. The topological polar surface area (TPSA) is 21.3 Å². The number of rotatable bonds is 3. The van der Waals surface area contributed by atoms with Crippen molar-refractivity contribution in [3.05, 3.63) is 27.3 Å². The highest BCUT2D eigenvalue weighted by atomic mass is 127. The third-order valence-electron chi connectivity index (χ3n) is 3.59. The summed E-state index contributed by atoms with van der Waals surface area (Å²) in [6.45, 7) is 2.18. The van der Waals surface area contributed by atoms with Gasteiger partial charge in [0, 0.05) is 22.4 Å². The molecule has 0 spiro atoms. The van der Waals surface area contributed by atoms with Crippen molar-refractivity contribution in [2.24, 2.45) is 0 Å². The summed E-state index contributed by atoms with van der Waals surface area (Å²) in [5, 5.41) is 3.67. The molecule has 2 unspecified atom stereocenters. The minimum Gasteiger partial charge on any atom is -0.382 e. The standard InChI is InChI=1S/C14H20INO/c1-10-13(15)7-4-8-14(10)16-11-5-3-6-12(9-11)17-2/h4,7-8,11-12,16H,3,5-6,9H2,1-2H3. The molecule has 1 N–H and O–H groups in total. The highest BCUT2D eigenvalue weighted by Crippen LogP contribution is 2.26. The Morgan fingerprint density at radius 2 is 2.18 bits per heavy atom. The van der Waals surface area contributed by atoms with Crippen LogP contribution in [0.4, 0.5) is 5.69 Å². The summed E-state index contributed by atoms with van der Waals surface area (Å²) in [4.78, 5) is 0. The lowest BCUT2D eigenvalue weighted by Gasteiger charge is -2.30. The Morgan fingerprint density at radius 3 is 2.94 bits per heavy atom. The molecule has 1 aliphatic carbocycles. The van der Waals surface area contributed by atoms with Gasteiger partial charge in [-0.1, -0.05) is 6.07 Å². The molecule has 94 valence electrons. The molecule has 17 heavy (non-hydrogen) atoms. The monoisotopic (exact) mass is 345 g/mol. The first-order valence-corrected chi connectivity index (χ1v) is 7.33. The zero-order chi connectivity index (χ0) is 12.3. The van der Waals surface area contributed by atoms with Crippen LogP contribution in [0.25, 0.3) is 0 Å². The molecule has 1 fully saturated rings. The van der Waals surface area contributed by atoms with E-state index in [9.17, 15) is 0 Å². The summed E-state index contributed by atoms with van der Waals surface area (Å²) in [6.07, 6.45) is 5.29. The molecule has 2 rings (SSSR count). The van der Waals surface area contributed by atoms with Gasteiger partial charge in [-0.05, 0) is 72.9 Å². The van der Waals surface area contributed by atoms with Crippen molar-refractivity contribution < 1.29 is 4.74 Å². The zero-order valence-corrected chi connectivity index (χ0v) is 12.7. The van der Waals surface area contributed by atoms with Gasteiger partial charge in [-0.2, -0.15) is 0 Å². The largest absolute Gasteiger partial charge is 0.382 e. The van der Waals surface area contributed by atoms with Gasteiger partial charge >= 0.3 is 0 Å². The summed E-state index contributed by atoms with van der Waals surface area (Å²) in [7, 11) is 1.82. The Morgan fingerprint density at radius 1 is 1.35 bits per heavy atom. The average Bonchev–Trinajstić information content (AvgIpc) is 2.35. The van der Waals surface area contributed by atoms with Crippen LogP contribution in [0.3, 0.4) is 0 Å². The predicted molar refractivity (Wildman–Crippen MR) is 80.6 cm³/mol. The van der Waals surface area contributed by atoms with Gasteiger partial charge < -0.3 is 10.1 Å². The number of benzene rings is 1. The van der Waals surface area contributed by atoms with Crippen molar-refractivity contribution in [3.63, 3.8) is 0 Å². The molecule has 1 aliphatic rings. The van der Waals surface area contributed by atoms with Crippen molar-refractivity contribution in [2.45, 2.75) is 44.8 Å². The van der Waals surface area contributed by atoms with E-state index in [1.165, 1.54) is 34.1 Å². The molecule has 1 aromatic carbocycles. The van der Waals surface area contributed by atoms with E-state index in [2.05, 4.69) is 53.0 Å². The Hall–Kier alpha value is -0.290. The van der Waals surface area contributed by atoms with Crippen LogP contribution >= 0.6 is 22.6 Å². The molecule has 0 bridgehead atoms. The number of anilines is 1. The highest BCUT2D eigenvalue weighted by Gasteiger charge is 2.21. The smallest absolute Gasteiger partial charge is 0.0590 e. The molecule has 0 amide bonds. The average molecular weight is 345 g/mol. The van der Waals surface area contributed by atoms with Gasteiger partial charge in [0.15, 0.2) is 0 Å². The van der Waals surface area contributed by atoms with Gasteiger partial charge in [0.1, 0.15) is 0 Å². The maximum Gasteiger partial charge on any atom is 0.0590 e. The summed E-state index contributed by atoms with van der Waals surface area (Å²) < 4.78 is 6.80. The Labute approximate surface area is 117 Å². The minimum atomic E-state index is 0.435. The van der Waals surface area contributed by atoms with E-state index in [0.29, 0.717) is 12.1 Å². The Balaban J connectivity index is 2.02. The first-order valence-electron chi connectivity index (χ1n) is 6.25. The lowest BCUT2D eigenvalue weighted by molar-refractivity contribution is 0.0669. The number of halogens is 1. The van der Waals surface area contributed by atoms with E-state index in [-0.39, 0.29) is 0 Å². The van der Waals surface area contributed by atoms with Crippen molar-refractivity contribution in [1.82, 2.24) is 0 Å². The van der Waals surface area contributed by atoms with Crippen LogP contribution in [-0.2, 0) is 4.74 Å². The van der Waals surface area contributed by atoms with Gasteiger partial charge in [0.2, 0.25) is 0 Å². The van der Waals surface area contributed by atoms with E-state index in [0.717, 1.165) is 6.42 Å². The number of ether oxygens (including phenoxy) is 1. The van der Waals surface area contributed by atoms with E-state index in [1.807, 2.05) is 7.11 Å². The second-order valence-corrected chi connectivity index (χ2v) is 5.94. The molecule has 0 radical (unpaired) electrons. The number of methoxy groups -OCH3 is 1. The van der Waals surface area contributed by atoms with Crippen LogP contribution in [0.2, 0.25) is 0 Å². The third kappa shape index (κ3) is 3.35. The first kappa shape index (κ1) is 13.1. The summed E-state index contributed by atoms with van der Waals surface area (Å²) in [6, 6.07) is 7.01. The molecule has 2 atom stereocenters. The molecule has 0 aromatic heterocycles. The van der Waals surface area contributed by atoms with Crippen LogP contribution in [-0.4, -0.2) is 19.3 Å². The van der Waals surface area contributed by atoms with Crippen LogP contribution in [0, 0.1) is 10.5 Å². The van der Waals surface area contributed by atoms with Crippen molar-refractivity contribution in [2.75, 3.05) is 12.4 Å². The SMILES string of the molecule is COC1CCCC(Nc2cccc(I)c2C)C1. The van der Waals surface area contributed by atoms with Crippen LogP contribution in [0.1, 0.15) is 31.2 Å². The Kier molecular flexibility index (Phi) is 4.68. The Bertz CT molecular complexity index is 380. The molecule has 0 heterocycles. The second-order valence-electron chi connectivity index (χ2n) is 4.78. The normalized spacial score (nSPS) is 24.6. The fourth-order valence-electron chi connectivity index (χ4n) is 2.47. The van der Waals surface area contributed by atoms with E-state index in [1.54, 1.807) is 0 Å². The number of hydrogen-bond donors (Lipinski definition) is 1. The second kappa shape index (κ2) is 6.05.